The minimum atomic E-state index is 0.588. The molecule has 0 radical (unpaired) electrons. The Morgan fingerprint density at radius 2 is 2.80 bits per heavy atom. The molecule has 54 valence electrons. The van der Waals surface area contributed by atoms with E-state index in [0.717, 1.165) is 5.69 Å². The molecule has 1 N–H and O–H groups in total. The highest BCUT2D eigenvalue weighted by Crippen LogP contribution is 1.85. The number of aromatic amines is 1. The van der Waals surface area contributed by atoms with Crippen molar-refractivity contribution in [1.82, 2.24) is 10.2 Å². The summed E-state index contributed by atoms with van der Waals surface area (Å²) in [5, 5.41) is 10.1. The van der Waals surface area contributed by atoms with Crippen molar-refractivity contribution in [3.63, 3.8) is 0 Å². The molecule has 0 aromatic carbocycles. The summed E-state index contributed by atoms with van der Waals surface area (Å²) < 4.78 is 0. The van der Waals surface area contributed by atoms with Crippen LogP contribution in [0.3, 0.4) is 0 Å². The van der Waals surface area contributed by atoms with Gasteiger partial charge in [0.15, 0.2) is 0 Å². The molecule has 1 heterocycles. The van der Waals surface area contributed by atoms with E-state index in [9.17, 15) is 0 Å². The van der Waals surface area contributed by atoms with Crippen LogP contribution in [0.4, 0.5) is 0 Å². The molecule has 0 amide bonds. The van der Waals surface area contributed by atoms with Gasteiger partial charge in [0, 0.05) is 6.20 Å². The summed E-state index contributed by atoms with van der Waals surface area (Å²) in [6, 6.07) is 1.81. The number of aromatic nitrogens is 2. The van der Waals surface area contributed by atoms with Gasteiger partial charge < -0.3 is 4.84 Å². The fourth-order valence-corrected chi connectivity index (χ4v) is 0.507. The normalized spacial score (nSPS) is 10.5. The standard InChI is InChI=1S/C6H9N3O/c1-2-10-8-5-6-3-4-7-9-6/h3-5H,2H2,1H3,(H,7,9)/b8-5+. The Morgan fingerprint density at radius 3 is 3.40 bits per heavy atom. The van der Waals surface area contributed by atoms with Crippen LogP contribution in [0.5, 0.6) is 0 Å². The number of rotatable bonds is 3. The fraction of sp³-hybridized carbons (Fsp3) is 0.333. The van der Waals surface area contributed by atoms with Crippen molar-refractivity contribution >= 4 is 6.21 Å². The van der Waals surface area contributed by atoms with E-state index < -0.39 is 0 Å². The molecule has 1 aromatic rings. The highest BCUT2D eigenvalue weighted by Gasteiger charge is 1.84. The molecular weight excluding hydrogens is 130 g/mol. The van der Waals surface area contributed by atoms with Gasteiger partial charge >= 0.3 is 0 Å². The maximum Gasteiger partial charge on any atom is 0.114 e. The van der Waals surface area contributed by atoms with E-state index in [0.29, 0.717) is 6.61 Å². The summed E-state index contributed by atoms with van der Waals surface area (Å²) in [6.45, 7) is 2.47. The van der Waals surface area contributed by atoms with Crippen LogP contribution in [0.1, 0.15) is 12.6 Å². The molecule has 10 heavy (non-hydrogen) atoms. The van der Waals surface area contributed by atoms with Crippen molar-refractivity contribution < 1.29 is 4.84 Å². The number of hydrogen-bond donors (Lipinski definition) is 1. The maximum absolute atomic E-state index is 4.73. The van der Waals surface area contributed by atoms with Crippen LogP contribution in [0.25, 0.3) is 0 Å². The zero-order valence-corrected chi connectivity index (χ0v) is 5.74. The SMILES string of the molecule is CCO/N=C/c1ccn[nH]1. The van der Waals surface area contributed by atoms with Crippen molar-refractivity contribution in [1.29, 1.82) is 0 Å². The van der Waals surface area contributed by atoms with Gasteiger partial charge in [-0.15, -0.1) is 0 Å². The van der Waals surface area contributed by atoms with Crippen molar-refractivity contribution in [3.05, 3.63) is 18.0 Å². The first kappa shape index (κ1) is 6.80. The molecule has 4 heteroatoms. The van der Waals surface area contributed by atoms with E-state index in [-0.39, 0.29) is 0 Å². The predicted octanol–water partition coefficient (Wildman–Crippen LogP) is 0.780. The molecule has 0 fully saturated rings. The van der Waals surface area contributed by atoms with Gasteiger partial charge in [-0.3, -0.25) is 5.10 Å². The third-order valence-electron chi connectivity index (χ3n) is 0.918. The van der Waals surface area contributed by atoms with Crippen molar-refractivity contribution in [2.24, 2.45) is 5.16 Å². The van der Waals surface area contributed by atoms with Crippen LogP contribution in [0.15, 0.2) is 17.4 Å². The average Bonchev–Trinajstić information content (AvgIpc) is 2.41. The third-order valence-corrected chi connectivity index (χ3v) is 0.918. The first-order valence-corrected chi connectivity index (χ1v) is 3.08. The molecule has 0 unspecified atom stereocenters. The second kappa shape index (κ2) is 3.66. The molecule has 0 saturated carbocycles. The topological polar surface area (TPSA) is 50.3 Å². The lowest BCUT2D eigenvalue weighted by molar-refractivity contribution is 0.160. The highest BCUT2D eigenvalue weighted by molar-refractivity contribution is 5.75. The number of H-pyrrole nitrogens is 1. The quantitative estimate of drug-likeness (QED) is 0.497. The lowest BCUT2D eigenvalue weighted by atomic mass is 10.5. The van der Waals surface area contributed by atoms with E-state index >= 15 is 0 Å². The van der Waals surface area contributed by atoms with Crippen LogP contribution < -0.4 is 0 Å². The molecule has 0 aliphatic heterocycles. The van der Waals surface area contributed by atoms with Crippen molar-refractivity contribution in [3.8, 4) is 0 Å². The largest absolute Gasteiger partial charge is 0.396 e. The number of nitrogens with zero attached hydrogens (tertiary/aromatic N) is 2. The zero-order valence-electron chi connectivity index (χ0n) is 5.74. The molecule has 4 nitrogen and oxygen atoms in total. The lowest BCUT2D eigenvalue weighted by Crippen LogP contribution is -1.83. The molecule has 0 atom stereocenters. The number of oxime groups is 1. The van der Waals surface area contributed by atoms with Gasteiger partial charge in [0.05, 0.1) is 11.9 Å². The Kier molecular flexibility index (Phi) is 2.49. The van der Waals surface area contributed by atoms with Crippen LogP contribution in [0, 0.1) is 0 Å². The monoisotopic (exact) mass is 139 g/mol. The minimum Gasteiger partial charge on any atom is -0.396 e. The molecule has 0 saturated heterocycles. The van der Waals surface area contributed by atoms with Crippen molar-refractivity contribution in [2.45, 2.75) is 6.92 Å². The van der Waals surface area contributed by atoms with E-state index in [1.165, 1.54) is 0 Å². The second-order valence-corrected chi connectivity index (χ2v) is 1.66. The van der Waals surface area contributed by atoms with Gasteiger partial charge in [-0.1, -0.05) is 5.16 Å². The van der Waals surface area contributed by atoms with E-state index in [1.807, 2.05) is 13.0 Å². The summed E-state index contributed by atoms with van der Waals surface area (Å²) in [4.78, 5) is 4.73. The summed E-state index contributed by atoms with van der Waals surface area (Å²) in [5.74, 6) is 0. The summed E-state index contributed by atoms with van der Waals surface area (Å²) in [7, 11) is 0. The summed E-state index contributed by atoms with van der Waals surface area (Å²) >= 11 is 0. The molecule has 0 aliphatic rings. The molecule has 0 bridgehead atoms. The molecule has 1 aromatic heterocycles. The molecule has 0 spiro atoms. The Morgan fingerprint density at radius 1 is 1.90 bits per heavy atom. The van der Waals surface area contributed by atoms with Crippen LogP contribution in [-0.4, -0.2) is 23.0 Å². The van der Waals surface area contributed by atoms with Gasteiger partial charge in [0.2, 0.25) is 0 Å². The fourth-order valence-electron chi connectivity index (χ4n) is 0.507. The van der Waals surface area contributed by atoms with Gasteiger partial charge in [0.25, 0.3) is 0 Å². The van der Waals surface area contributed by atoms with Crippen molar-refractivity contribution in [2.75, 3.05) is 6.61 Å². The maximum atomic E-state index is 4.73. The first-order chi connectivity index (χ1) is 4.93. The summed E-state index contributed by atoms with van der Waals surface area (Å²) in [6.07, 6.45) is 3.24. The van der Waals surface area contributed by atoms with Crippen LogP contribution >= 0.6 is 0 Å². The van der Waals surface area contributed by atoms with Crippen LogP contribution in [0.2, 0.25) is 0 Å². The Labute approximate surface area is 58.9 Å². The third kappa shape index (κ3) is 1.89. The Hall–Kier alpha value is -1.32. The smallest absolute Gasteiger partial charge is 0.114 e. The lowest BCUT2D eigenvalue weighted by Gasteiger charge is -1.87. The zero-order chi connectivity index (χ0) is 7.23. The number of nitrogens with one attached hydrogen (secondary N) is 1. The van der Waals surface area contributed by atoms with E-state index in [1.54, 1.807) is 12.4 Å². The molecule has 1 rings (SSSR count). The van der Waals surface area contributed by atoms with Gasteiger partial charge in [-0.2, -0.15) is 5.10 Å². The second-order valence-electron chi connectivity index (χ2n) is 1.66. The Balaban J connectivity index is 2.40. The highest BCUT2D eigenvalue weighted by atomic mass is 16.6. The molecular formula is C6H9N3O. The van der Waals surface area contributed by atoms with Crippen LogP contribution in [-0.2, 0) is 4.84 Å². The average molecular weight is 139 g/mol. The van der Waals surface area contributed by atoms with E-state index in [4.69, 9.17) is 4.84 Å². The van der Waals surface area contributed by atoms with Gasteiger partial charge in [-0.25, -0.2) is 0 Å². The Bertz CT molecular complexity index is 193. The summed E-state index contributed by atoms with van der Waals surface area (Å²) in [5.41, 5.74) is 0.841. The first-order valence-electron chi connectivity index (χ1n) is 3.08. The van der Waals surface area contributed by atoms with Gasteiger partial charge in [0.1, 0.15) is 6.61 Å². The minimum absolute atomic E-state index is 0.588. The number of hydrogen-bond acceptors (Lipinski definition) is 3. The van der Waals surface area contributed by atoms with E-state index in [2.05, 4.69) is 15.4 Å². The predicted molar refractivity (Wildman–Crippen MR) is 37.8 cm³/mol. The molecule has 0 aliphatic carbocycles. The van der Waals surface area contributed by atoms with Gasteiger partial charge in [-0.05, 0) is 13.0 Å².